The van der Waals surface area contributed by atoms with E-state index in [0.717, 1.165) is 35.8 Å². The van der Waals surface area contributed by atoms with Crippen molar-refractivity contribution in [2.24, 2.45) is 0 Å². The number of aromatic nitrogens is 2. The predicted molar refractivity (Wildman–Crippen MR) is 88.0 cm³/mol. The molecule has 0 aliphatic rings. The topological polar surface area (TPSA) is 53.1 Å². The van der Waals surface area contributed by atoms with Gasteiger partial charge in [0, 0.05) is 31.0 Å². The fourth-order valence-corrected chi connectivity index (χ4v) is 2.48. The average Bonchev–Trinajstić information content (AvgIpc) is 2.97. The van der Waals surface area contributed by atoms with Crippen molar-refractivity contribution >= 4 is 5.69 Å². The second-order valence-corrected chi connectivity index (χ2v) is 5.20. The molecule has 3 aromatic rings. The Labute approximate surface area is 130 Å². The lowest BCUT2D eigenvalue weighted by atomic mass is 10.1. The molecule has 0 saturated carbocycles. The third kappa shape index (κ3) is 3.11. The number of hydrogen-bond acceptors (Lipinski definition) is 3. The molecule has 22 heavy (non-hydrogen) atoms. The third-order valence-electron chi connectivity index (χ3n) is 3.69. The van der Waals surface area contributed by atoms with Crippen LogP contribution in [-0.2, 0) is 13.0 Å². The molecular weight excluding hydrogens is 274 g/mol. The summed E-state index contributed by atoms with van der Waals surface area (Å²) in [5, 5.41) is 0. The van der Waals surface area contributed by atoms with E-state index in [2.05, 4.69) is 15.6 Å². The molecule has 0 aliphatic carbocycles. The number of hydrogen-bond donors (Lipinski definition) is 1. The molecule has 0 saturated heterocycles. The van der Waals surface area contributed by atoms with Crippen LogP contribution in [0.1, 0.15) is 17.0 Å². The Morgan fingerprint density at radius 1 is 1.14 bits per heavy atom. The molecule has 0 aliphatic heterocycles. The van der Waals surface area contributed by atoms with Gasteiger partial charge in [-0.25, -0.2) is 4.98 Å². The van der Waals surface area contributed by atoms with Crippen LogP contribution in [0.25, 0.3) is 0 Å². The van der Waals surface area contributed by atoms with E-state index in [1.807, 2.05) is 54.9 Å². The van der Waals surface area contributed by atoms with Crippen molar-refractivity contribution < 1.29 is 4.74 Å². The number of rotatable bonds is 5. The van der Waals surface area contributed by atoms with Crippen LogP contribution in [0.5, 0.6) is 5.75 Å². The summed E-state index contributed by atoms with van der Waals surface area (Å²) in [6, 6.07) is 16.0. The first-order valence-electron chi connectivity index (χ1n) is 7.22. The zero-order chi connectivity index (χ0) is 15.4. The molecule has 0 bridgehead atoms. The summed E-state index contributed by atoms with van der Waals surface area (Å²) < 4.78 is 7.41. The zero-order valence-electron chi connectivity index (χ0n) is 12.6. The van der Waals surface area contributed by atoms with Crippen LogP contribution in [-0.4, -0.2) is 16.7 Å². The van der Waals surface area contributed by atoms with E-state index < -0.39 is 0 Å². The maximum atomic E-state index is 6.02. The zero-order valence-corrected chi connectivity index (χ0v) is 12.6. The van der Waals surface area contributed by atoms with Gasteiger partial charge in [0.1, 0.15) is 11.6 Å². The minimum Gasteiger partial charge on any atom is -0.497 e. The molecule has 0 amide bonds. The molecule has 2 N–H and O–H groups in total. The first kappa shape index (κ1) is 14.2. The van der Waals surface area contributed by atoms with E-state index in [-0.39, 0.29) is 0 Å². The van der Waals surface area contributed by atoms with Gasteiger partial charge in [-0.2, -0.15) is 0 Å². The number of benzene rings is 2. The molecule has 0 atom stereocenters. The molecule has 3 rings (SSSR count). The van der Waals surface area contributed by atoms with Crippen LogP contribution in [0.4, 0.5) is 5.69 Å². The van der Waals surface area contributed by atoms with Crippen molar-refractivity contribution in [1.29, 1.82) is 0 Å². The van der Waals surface area contributed by atoms with Gasteiger partial charge in [0.15, 0.2) is 0 Å². The molecule has 112 valence electrons. The normalized spacial score (nSPS) is 10.6. The van der Waals surface area contributed by atoms with Crippen molar-refractivity contribution in [1.82, 2.24) is 9.55 Å². The van der Waals surface area contributed by atoms with E-state index in [4.69, 9.17) is 10.5 Å². The molecule has 0 fully saturated rings. The second kappa shape index (κ2) is 6.35. The summed E-state index contributed by atoms with van der Waals surface area (Å²) in [5.41, 5.74) is 9.11. The highest BCUT2D eigenvalue weighted by molar-refractivity contribution is 5.47. The molecule has 0 radical (unpaired) electrons. The second-order valence-electron chi connectivity index (χ2n) is 5.20. The number of methoxy groups -OCH3 is 1. The van der Waals surface area contributed by atoms with Gasteiger partial charge < -0.3 is 15.0 Å². The summed E-state index contributed by atoms with van der Waals surface area (Å²) in [5.74, 6) is 1.87. The molecule has 4 nitrogen and oxygen atoms in total. The van der Waals surface area contributed by atoms with Gasteiger partial charge in [-0.1, -0.05) is 30.3 Å². The van der Waals surface area contributed by atoms with E-state index >= 15 is 0 Å². The maximum Gasteiger partial charge on any atom is 0.119 e. The monoisotopic (exact) mass is 293 g/mol. The van der Waals surface area contributed by atoms with Crippen molar-refractivity contribution in [2.45, 2.75) is 13.0 Å². The lowest BCUT2D eigenvalue weighted by Crippen LogP contribution is -2.06. The van der Waals surface area contributed by atoms with E-state index in [0.29, 0.717) is 0 Å². The summed E-state index contributed by atoms with van der Waals surface area (Å²) >= 11 is 0. The number of anilines is 1. The van der Waals surface area contributed by atoms with E-state index in [1.54, 1.807) is 7.11 Å². The van der Waals surface area contributed by atoms with Crippen molar-refractivity contribution in [3.8, 4) is 5.75 Å². The number of para-hydroxylation sites is 1. The lowest BCUT2D eigenvalue weighted by Gasteiger charge is -2.10. The third-order valence-corrected chi connectivity index (χ3v) is 3.69. The smallest absolute Gasteiger partial charge is 0.119 e. The predicted octanol–water partition coefficient (Wildman–Crippen LogP) is 3.11. The van der Waals surface area contributed by atoms with Crippen LogP contribution in [0, 0.1) is 0 Å². The number of ether oxygens (including phenoxy) is 1. The molecule has 0 spiro atoms. The Kier molecular flexibility index (Phi) is 4.10. The van der Waals surface area contributed by atoms with E-state index in [9.17, 15) is 0 Å². The van der Waals surface area contributed by atoms with Gasteiger partial charge in [-0.05, 0) is 29.3 Å². The van der Waals surface area contributed by atoms with Gasteiger partial charge in [0.25, 0.3) is 0 Å². The summed E-state index contributed by atoms with van der Waals surface area (Å²) in [4.78, 5) is 4.47. The van der Waals surface area contributed by atoms with Crippen LogP contribution < -0.4 is 10.5 Å². The summed E-state index contributed by atoms with van der Waals surface area (Å²) in [6.07, 6.45) is 4.55. The standard InChI is InChI=1S/C18H19N3O/c1-22-16-7-4-5-14(11-16)13-21-10-9-20-18(21)12-15-6-2-3-8-17(15)19/h2-11H,12-13,19H2,1H3. The SMILES string of the molecule is COc1cccc(Cn2ccnc2Cc2ccccc2N)c1. The molecule has 1 aromatic heterocycles. The first-order chi connectivity index (χ1) is 10.8. The fraction of sp³-hybridized carbons (Fsp3) is 0.167. The number of nitrogen functional groups attached to an aromatic ring is 1. The quantitative estimate of drug-likeness (QED) is 0.735. The van der Waals surface area contributed by atoms with E-state index in [1.165, 1.54) is 5.56 Å². The molecule has 1 heterocycles. The van der Waals surface area contributed by atoms with Crippen LogP contribution in [0.3, 0.4) is 0 Å². The summed E-state index contributed by atoms with van der Waals surface area (Å²) in [6.45, 7) is 0.763. The largest absolute Gasteiger partial charge is 0.497 e. The van der Waals surface area contributed by atoms with Crippen LogP contribution >= 0.6 is 0 Å². The molecule has 2 aromatic carbocycles. The Morgan fingerprint density at radius 2 is 2.00 bits per heavy atom. The Bertz CT molecular complexity index is 764. The van der Waals surface area contributed by atoms with Crippen molar-refractivity contribution in [3.05, 3.63) is 77.9 Å². The Morgan fingerprint density at radius 3 is 2.82 bits per heavy atom. The fourth-order valence-electron chi connectivity index (χ4n) is 2.48. The van der Waals surface area contributed by atoms with Crippen LogP contribution in [0.2, 0.25) is 0 Å². The molecular formula is C18H19N3O. The summed E-state index contributed by atoms with van der Waals surface area (Å²) in [7, 11) is 1.68. The van der Waals surface area contributed by atoms with Gasteiger partial charge in [-0.15, -0.1) is 0 Å². The number of nitrogens with zero attached hydrogens (tertiary/aromatic N) is 2. The van der Waals surface area contributed by atoms with Gasteiger partial charge in [-0.3, -0.25) is 0 Å². The minimum absolute atomic E-state index is 0.726. The highest BCUT2D eigenvalue weighted by atomic mass is 16.5. The molecule has 0 unspecified atom stereocenters. The maximum absolute atomic E-state index is 6.02. The van der Waals surface area contributed by atoms with Crippen molar-refractivity contribution in [2.75, 3.05) is 12.8 Å². The highest BCUT2D eigenvalue weighted by Crippen LogP contribution is 2.17. The average molecular weight is 293 g/mol. The minimum atomic E-state index is 0.726. The van der Waals surface area contributed by atoms with Gasteiger partial charge in [0.2, 0.25) is 0 Å². The van der Waals surface area contributed by atoms with Gasteiger partial charge >= 0.3 is 0 Å². The Hall–Kier alpha value is -2.75. The number of nitrogens with two attached hydrogens (primary N) is 1. The lowest BCUT2D eigenvalue weighted by molar-refractivity contribution is 0.414. The van der Waals surface area contributed by atoms with Crippen LogP contribution in [0.15, 0.2) is 60.9 Å². The number of imidazole rings is 1. The highest BCUT2D eigenvalue weighted by Gasteiger charge is 2.07. The molecule has 4 heteroatoms. The Balaban J connectivity index is 1.81. The first-order valence-corrected chi connectivity index (χ1v) is 7.22. The van der Waals surface area contributed by atoms with Crippen molar-refractivity contribution in [3.63, 3.8) is 0 Å². The van der Waals surface area contributed by atoms with Gasteiger partial charge in [0.05, 0.1) is 7.11 Å².